The summed E-state index contributed by atoms with van der Waals surface area (Å²) in [6.07, 6.45) is 3.54. The van der Waals surface area contributed by atoms with E-state index >= 15 is 0 Å². The van der Waals surface area contributed by atoms with Gasteiger partial charge in [-0.05, 0) is 184 Å². The Balaban J connectivity index is 1.55. The van der Waals surface area contributed by atoms with Crippen LogP contribution in [0.4, 0.5) is 0 Å². The Hall–Kier alpha value is -8.37. The van der Waals surface area contributed by atoms with Gasteiger partial charge in [0, 0.05) is 0 Å². The maximum Gasteiger partial charge on any atom is 0.460 e. The third-order valence-electron chi connectivity index (χ3n) is 11.2. The minimum absolute atomic E-state index is 0.0375. The van der Waals surface area contributed by atoms with Gasteiger partial charge in [-0.25, -0.2) is 28.8 Å². The van der Waals surface area contributed by atoms with E-state index in [1.807, 2.05) is 41.5 Å². The van der Waals surface area contributed by atoms with Gasteiger partial charge in [0.25, 0.3) is 0 Å². The molecule has 0 radical (unpaired) electrons. The highest BCUT2D eigenvalue weighted by Crippen LogP contribution is 2.78. The molecule has 0 spiro atoms. The number of nitrogens with zero attached hydrogens (tertiary/aromatic N) is 3. The van der Waals surface area contributed by atoms with Crippen molar-refractivity contribution >= 4 is 58.8 Å². The van der Waals surface area contributed by atoms with Crippen molar-refractivity contribution in [1.29, 1.82) is 0 Å². The van der Waals surface area contributed by atoms with Crippen LogP contribution in [-0.2, 0) is 28.4 Å². The summed E-state index contributed by atoms with van der Waals surface area (Å²) in [5, 5.41) is 0. The second-order valence-electron chi connectivity index (χ2n) is 18.2. The molecule has 21 nitrogen and oxygen atoms in total. The van der Waals surface area contributed by atoms with E-state index in [2.05, 4.69) is 0 Å². The average molecular weight is 1210 g/mol. The van der Waals surface area contributed by atoms with Gasteiger partial charge in [0.05, 0.1) is 73.0 Å². The molecule has 0 bridgehead atoms. The van der Waals surface area contributed by atoms with Gasteiger partial charge >= 0.3 is 58.8 Å². The van der Waals surface area contributed by atoms with Crippen LogP contribution in [0.2, 0.25) is 0 Å². The molecule has 1 aliphatic rings. The molecule has 0 unspecified atom stereocenters. The lowest BCUT2D eigenvalue weighted by Gasteiger charge is -2.33. The van der Waals surface area contributed by atoms with E-state index in [1.165, 1.54) is 146 Å². The van der Waals surface area contributed by atoms with Gasteiger partial charge in [-0.3, -0.25) is 0 Å². The molecule has 6 aromatic rings. The molecule has 444 valence electrons. The first-order valence-electron chi connectivity index (χ1n) is 27.4. The molecule has 1 aliphatic heterocycles. The van der Waals surface area contributed by atoms with Gasteiger partial charge in [-0.15, -0.1) is 0 Å². The van der Waals surface area contributed by atoms with Crippen LogP contribution in [0.3, 0.4) is 0 Å². The van der Waals surface area contributed by atoms with Crippen molar-refractivity contribution in [3.8, 4) is 34.5 Å². The van der Waals surface area contributed by atoms with Crippen molar-refractivity contribution < 1.29 is 84.3 Å². The Bertz CT molecular complexity index is 2810. The fourth-order valence-electron chi connectivity index (χ4n) is 7.16. The lowest BCUT2D eigenvalue weighted by Crippen LogP contribution is -2.12. The van der Waals surface area contributed by atoms with Crippen LogP contribution in [0.5, 0.6) is 34.5 Å². The number of ether oxygens (including phenoxy) is 6. The molecule has 0 atom stereocenters. The van der Waals surface area contributed by atoms with Gasteiger partial charge in [0.2, 0.25) is 0 Å². The van der Waals surface area contributed by atoms with E-state index in [4.69, 9.17) is 69.1 Å². The van der Waals surface area contributed by atoms with Crippen molar-refractivity contribution in [3.63, 3.8) is 0 Å². The predicted octanol–water partition coefficient (Wildman–Crippen LogP) is 15.7. The first-order valence-corrected chi connectivity index (χ1v) is 32.0. The molecular formula is C60H66N3O18P3. The van der Waals surface area contributed by atoms with E-state index in [0.29, 0.717) is 38.5 Å². The van der Waals surface area contributed by atoms with Gasteiger partial charge in [-0.2, -0.15) is 0 Å². The summed E-state index contributed by atoms with van der Waals surface area (Å²) >= 11 is 0. The van der Waals surface area contributed by atoms with Crippen LogP contribution in [0.15, 0.2) is 159 Å². The highest BCUT2D eigenvalue weighted by atomic mass is 31.3. The number of rotatable bonds is 30. The summed E-state index contributed by atoms with van der Waals surface area (Å²) in [6, 6.07) is 35.3. The topological polar surface area (TPSA) is 250 Å². The average Bonchev–Trinajstić information content (AvgIpc) is 1.31. The van der Waals surface area contributed by atoms with Gasteiger partial charge in [-0.1, -0.05) is 55.1 Å². The third-order valence-corrected chi connectivity index (χ3v) is 19.3. The minimum atomic E-state index is -4.66. The quantitative estimate of drug-likeness (QED) is 0.0231. The summed E-state index contributed by atoms with van der Waals surface area (Å²) < 4.78 is 89.8. The third kappa shape index (κ3) is 17.8. The minimum Gasteiger partial charge on any atom is -0.462 e. The van der Waals surface area contributed by atoms with Crippen LogP contribution in [0.1, 0.15) is 142 Å². The van der Waals surface area contributed by atoms with Crippen LogP contribution in [0, 0.1) is 0 Å². The Kier molecular flexibility index (Phi) is 23.2. The fourth-order valence-corrected chi connectivity index (χ4v) is 16.2. The Morgan fingerprint density at radius 2 is 0.381 bits per heavy atom. The molecule has 84 heavy (non-hydrogen) atoms. The first kappa shape index (κ1) is 63.2. The SMILES string of the molecule is CCCOC(=O)c1ccc(OP2(Oc3ccc(C(=O)OCCC)cc3)=NP(Oc3ccc(C(=O)OCCC)cc3)(Oc3ccc(C(=O)OCCC)cc3)=NP(Oc3ccc(C(=O)OCCC)cc3)(Oc3ccc(C(=O)OCCC)cc3)=N2)cc1. The molecule has 0 amide bonds. The Morgan fingerprint density at radius 3 is 0.500 bits per heavy atom. The molecule has 0 saturated carbocycles. The zero-order chi connectivity index (χ0) is 60.0. The van der Waals surface area contributed by atoms with Gasteiger partial charge in [0.15, 0.2) is 0 Å². The second kappa shape index (κ2) is 30.8. The van der Waals surface area contributed by atoms with Crippen molar-refractivity contribution in [2.75, 3.05) is 39.6 Å². The second-order valence-corrected chi connectivity index (χ2v) is 24.4. The Morgan fingerprint density at radius 1 is 0.250 bits per heavy atom. The summed E-state index contributed by atoms with van der Waals surface area (Å²) in [5.74, 6) is -3.30. The molecule has 0 aromatic heterocycles. The van der Waals surface area contributed by atoms with Crippen LogP contribution in [-0.4, -0.2) is 75.5 Å². The highest BCUT2D eigenvalue weighted by molar-refractivity contribution is 7.79. The normalized spacial score (nSPS) is 13.4. The van der Waals surface area contributed by atoms with E-state index in [9.17, 15) is 28.8 Å². The van der Waals surface area contributed by atoms with Crippen LogP contribution >= 0.6 is 23.0 Å². The zero-order valence-corrected chi connectivity index (χ0v) is 50.1. The number of esters is 6. The first-order chi connectivity index (χ1) is 40.6. The lowest BCUT2D eigenvalue weighted by molar-refractivity contribution is 0.0496. The summed E-state index contributed by atoms with van der Waals surface area (Å²) in [6.45, 7) is 12.3. The van der Waals surface area contributed by atoms with Crippen molar-refractivity contribution in [2.45, 2.75) is 80.1 Å². The largest absolute Gasteiger partial charge is 0.462 e. The van der Waals surface area contributed by atoms with E-state index in [-0.39, 0.29) is 108 Å². The van der Waals surface area contributed by atoms with Crippen LogP contribution in [0.25, 0.3) is 0 Å². The van der Waals surface area contributed by atoms with Crippen molar-refractivity contribution in [1.82, 2.24) is 0 Å². The van der Waals surface area contributed by atoms with Crippen LogP contribution < -0.4 is 27.1 Å². The number of hydrogen-bond donors (Lipinski definition) is 0. The predicted molar refractivity (Wildman–Crippen MR) is 314 cm³/mol. The monoisotopic (exact) mass is 1210 g/mol. The molecule has 24 heteroatoms. The van der Waals surface area contributed by atoms with Crippen molar-refractivity contribution in [2.24, 2.45) is 13.5 Å². The lowest BCUT2D eigenvalue weighted by atomic mass is 10.2. The smallest absolute Gasteiger partial charge is 0.460 e. The molecule has 7 rings (SSSR count). The molecule has 6 aromatic carbocycles. The number of benzene rings is 6. The molecule has 0 saturated heterocycles. The van der Waals surface area contributed by atoms with E-state index < -0.39 is 58.8 Å². The fraction of sp³-hybridized carbons (Fsp3) is 0.300. The molecule has 0 N–H and O–H groups in total. The molecular weight excluding hydrogens is 1140 g/mol. The molecule has 0 aliphatic carbocycles. The zero-order valence-electron chi connectivity index (χ0n) is 47.4. The number of carbonyl (C=O) groups is 6. The maximum absolute atomic E-state index is 13.1. The summed E-state index contributed by atoms with van der Waals surface area (Å²) in [4.78, 5) is 78.6. The van der Waals surface area contributed by atoms with Crippen molar-refractivity contribution in [3.05, 3.63) is 179 Å². The van der Waals surface area contributed by atoms with E-state index in [0.717, 1.165) is 0 Å². The number of carbonyl (C=O) groups excluding carboxylic acids is 6. The van der Waals surface area contributed by atoms with E-state index in [1.54, 1.807) is 0 Å². The summed E-state index contributed by atoms with van der Waals surface area (Å²) in [5.41, 5.74) is 1.15. The molecule has 0 fully saturated rings. The standard InChI is InChI=1S/C60H66N3O18P3/c1-7-37-70-55(64)43-13-25-49(26-14-43)76-82(77-50-27-15-44(16-28-50)56(65)71-38-8-2)61-83(78-51-29-17-45(18-30-51)57(66)72-39-9-3,79-52-31-19-46(20-32-52)58(67)73-40-10-4)63-84(62-82,80-53-33-21-47(22-34-53)59(68)74-41-11-5)81-54-35-23-48(24-36-54)60(69)75-42-12-6/h13-36H,7-12,37-42H2,1-6H3. The molecule has 1 heterocycles. The maximum atomic E-state index is 13.1. The highest BCUT2D eigenvalue weighted by Gasteiger charge is 2.49. The summed E-state index contributed by atoms with van der Waals surface area (Å²) in [7, 11) is -14.0. The van der Waals surface area contributed by atoms with Gasteiger partial charge < -0.3 is 55.6 Å². The number of hydrogen-bond acceptors (Lipinski definition) is 21. The van der Waals surface area contributed by atoms with Gasteiger partial charge in [0.1, 0.15) is 34.5 Å². The Labute approximate surface area is 487 Å².